The summed E-state index contributed by atoms with van der Waals surface area (Å²) in [7, 11) is 1.51. The molecule has 0 atom stereocenters. The fraction of sp³-hybridized carbons (Fsp3) is 0.333. The van der Waals surface area contributed by atoms with E-state index in [9.17, 15) is 18.4 Å². The van der Waals surface area contributed by atoms with Crippen molar-refractivity contribution < 1.29 is 23.1 Å². The molecule has 2 aromatic carbocycles. The van der Waals surface area contributed by atoms with E-state index in [1.807, 2.05) is 6.92 Å². The summed E-state index contributed by atoms with van der Waals surface area (Å²) in [4.78, 5) is 25.8. The molecule has 0 bridgehead atoms. The van der Waals surface area contributed by atoms with E-state index in [-0.39, 0.29) is 0 Å². The number of hydrazine groups is 1. The van der Waals surface area contributed by atoms with E-state index in [1.165, 1.54) is 7.11 Å². The molecule has 0 saturated carbocycles. The fourth-order valence-corrected chi connectivity index (χ4v) is 2.80. The van der Waals surface area contributed by atoms with Crippen molar-refractivity contribution >= 4 is 11.8 Å². The Labute approximate surface area is 163 Å². The van der Waals surface area contributed by atoms with Crippen molar-refractivity contribution in [1.82, 2.24) is 10.4 Å². The number of carbonyl (C=O) groups excluding carboxylic acids is 2. The molecule has 0 aliphatic rings. The van der Waals surface area contributed by atoms with Crippen LogP contribution in [-0.4, -0.2) is 29.5 Å². The topological polar surface area (TPSA) is 58.6 Å². The van der Waals surface area contributed by atoms with Crippen molar-refractivity contribution in [2.45, 2.75) is 39.7 Å². The molecule has 28 heavy (non-hydrogen) atoms. The Morgan fingerprint density at radius 1 is 1.11 bits per heavy atom. The number of carbonyl (C=O) groups is 2. The van der Waals surface area contributed by atoms with Crippen LogP contribution in [0.3, 0.4) is 0 Å². The Kier molecular flexibility index (Phi) is 6.38. The van der Waals surface area contributed by atoms with Crippen molar-refractivity contribution in [1.29, 1.82) is 0 Å². The largest absolute Gasteiger partial charge is 0.496 e. The lowest BCUT2D eigenvalue weighted by molar-refractivity contribution is 0.0354. The predicted octanol–water partition coefficient (Wildman–Crippen LogP) is 4.12. The van der Waals surface area contributed by atoms with Crippen LogP contribution < -0.4 is 10.2 Å². The SMILES string of the molecule is CCc1c(OC)cccc1C(=O)NN(C(=O)c1cc(F)ccc1F)C(C)(C)C. The third-order valence-corrected chi connectivity index (χ3v) is 4.20. The Morgan fingerprint density at radius 2 is 1.79 bits per heavy atom. The summed E-state index contributed by atoms with van der Waals surface area (Å²) < 4.78 is 32.9. The third-order valence-electron chi connectivity index (χ3n) is 4.20. The van der Waals surface area contributed by atoms with Gasteiger partial charge in [-0.25, -0.2) is 13.8 Å². The van der Waals surface area contributed by atoms with Crippen molar-refractivity contribution in [3.05, 3.63) is 64.7 Å². The van der Waals surface area contributed by atoms with E-state index in [0.717, 1.165) is 23.2 Å². The van der Waals surface area contributed by atoms with Crippen LogP contribution in [0.2, 0.25) is 0 Å². The lowest BCUT2D eigenvalue weighted by Gasteiger charge is -2.35. The molecule has 0 saturated heterocycles. The molecule has 2 amide bonds. The molecule has 0 spiro atoms. The number of hydrogen-bond donors (Lipinski definition) is 1. The lowest BCUT2D eigenvalue weighted by atomic mass is 10.0. The van der Waals surface area contributed by atoms with Crippen LogP contribution >= 0.6 is 0 Å². The minimum atomic E-state index is -0.892. The van der Waals surface area contributed by atoms with Crippen LogP contribution in [-0.2, 0) is 6.42 Å². The molecule has 2 aromatic rings. The van der Waals surface area contributed by atoms with Crippen molar-refractivity contribution in [3.8, 4) is 5.75 Å². The Morgan fingerprint density at radius 3 is 2.36 bits per heavy atom. The number of amides is 2. The average molecular weight is 390 g/mol. The van der Waals surface area contributed by atoms with Gasteiger partial charge in [0.25, 0.3) is 11.8 Å². The summed E-state index contributed by atoms with van der Waals surface area (Å²) in [6.45, 7) is 6.90. The maximum Gasteiger partial charge on any atom is 0.275 e. The first-order valence-electron chi connectivity index (χ1n) is 8.86. The zero-order chi connectivity index (χ0) is 21.1. The van der Waals surface area contributed by atoms with Gasteiger partial charge < -0.3 is 4.74 Å². The monoisotopic (exact) mass is 390 g/mol. The number of methoxy groups -OCH3 is 1. The van der Waals surface area contributed by atoms with Crippen LogP contribution in [0.25, 0.3) is 0 Å². The second-order valence-electron chi connectivity index (χ2n) is 7.22. The van der Waals surface area contributed by atoms with Gasteiger partial charge in [0.1, 0.15) is 17.4 Å². The van der Waals surface area contributed by atoms with Crippen molar-refractivity contribution in [3.63, 3.8) is 0 Å². The molecule has 2 rings (SSSR count). The fourth-order valence-electron chi connectivity index (χ4n) is 2.80. The normalized spacial score (nSPS) is 11.1. The van der Waals surface area contributed by atoms with E-state index >= 15 is 0 Å². The first kappa shape index (κ1) is 21.3. The van der Waals surface area contributed by atoms with Gasteiger partial charge in [0, 0.05) is 11.1 Å². The Hall–Kier alpha value is -2.96. The number of hydrogen-bond acceptors (Lipinski definition) is 3. The van der Waals surface area contributed by atoms with E-state index in [4.69, 9.17) is 4.74 Å². The maximum atomic E-state index is 14.1. The number of rotatable bonds is 4. The number of ether oxygens (including phenoxy) is 1. The summed E-state index contributed by atoms with van der Waals surface area (Å²) in [6.07, 6.45) is 0.536. The van der Waals surface area contributed by atoms with Crippen LogP contribution in [0.4, 0.5) is 8.78 Å². The minimum absolute atomic E-state index is 0.337. The molecule has 0 aliphatic carbocycles. The van der Waals surface area contributed by atoms with E-state index < -0.39 is 34.6 Å². The highest BCUT2D eigenvalue weighted by Gasteiger charge is 2.32. The number of nitrogens with zero attached hydrogens (tertiary/aromatic N) is 1. The number of nitrogens with one attached hydrogen (secondary N) is 1. The van der Waals surface area contributed by atoms with Gasteiger partial charge in [0.15, 0.2) is 0 Å². The van der Waals surface area contributed by atoms with E-state index in [2.05, 4.69) is 5.43 Å². The van der Waals surface area contributed by atoms with Crippen LogP contribution in [0.15, 0.2) is 36.4 Å². The molecule has 5 nitrogen and oxygen atoms in total. The number of benzene rings is 2. The zero-order valence-corrected chi connectivity index (χ0v) is 16.6. The first-order valence-corrected chi connectivity index (χ1v) is 8.86. The van der Waals surface area contributed by atoms with Gasteiger partial charge in [-0.3, -0.25) is 15.0 Å². The third kappa shape index (κ3) is 4.47. The lowest BCUT2D eigenvalue weighted by Crippen LogP contribution is -2.56. The van der Waals surface area contributed by atoms with Gasteiger partial charge in [-0.05, 0) is 57.5 Å². The molecule has 150 valence electrons. The van der Waals surface area contributed by atoms with Crippen LogP contribution in [0.1, 0.15) is 54.0 Å². The highest BCUT2D eigenvalue weighted by molar-refractivity contribution is 6.00. The highest BCUT2D eigenvalue weighted by atomic mass is 19.1. The summed E-state index contributed by atoms with van der Waals surface area (Å²) in [6, 6.07) is 7.64. The maximum absolute atomic E-state index is 14.1. The van der Waals surface area contributed by atoms with Gasteiger partial charge >= 0.3 is 0 Å². The number of halogens is 2. The summed E-state index contributed by atoms with van der Waals surface area (Å²) in [5.41, 5.74) is 2.21. The molecular formula is C21H24F2N2O3. The van der Waals surface area contributed by atoms with Crippen molar-refractivity contribution in [2.24, 2.45) is 0 Å². The predicted molar refractivity (Wildman–Crippen MR) is 102 cm³/mol. The molecule has 0 unspecified atom stereocenters. The van der Waals surface area contributed by atoms with Crippen molar-refractivity contribution in [2.75, 3.05) is 7.11 Å². The quantitative estimate of drug-likeness (QED) is 0.799. The van der Waals surface area contributed by atoms with Crippen LogP contribution in [0, 0.1) is 11.6 Å². The molecule has 0 aliphatic heterocycles. The Balaban J connectivity index is 2.42. The zero-order valence-electron chi connectivity index (χ0n) is 16.6. The molecule has 0 heterocycles. The molecule has 7 heteroatoms. The highest BCUT2D eigenvalue weighted by Crippen LogP contribution is 2.24. The minimum Gasteiger partial charge on any atom is -0.496 e. The van der Waals surface area contributed by atoms with Gasteiger partial charge in [0.2, 0.25) is 0 Å². The van der Waals surface area contributed by atoms with Crippen LogP contribution in [0.5, 0.6) is 5.75 Å². The van der Waals surface area contributed by atoms with Gasteiger partial charge in [0.05, 0.1) is 18.2 Å². The van der Waals surface area contributed by atoms with E-state index in [1.54, 1.807) is 39.0 Å². The molecule has 0 fully saturated rings. The second-order valence-corrected chi connectivity index (χ2v) is 7.22. The van der Waals surface area contributed by atoms with Gasteiger partial charge in [-0.15, -0.1) is 0 Å². The molecule has 0 aromatic heterocycles. The smallest absolute Gasteiger partial charge is 0.275 e. The van der Waals surface area contributed by atoms with Gasteiger partial charge in [-0.1, -0.05) is 13.0 Å². The molecule has 1 N–H and O–H groups in total. The summed E-state index contributed by atoms with van der Waals surface area (Å²) in [5.74, 6) is -2.45. The summed E-state index contributed by atoms with van der Waals surface area (Å²) in [5, 5.41) is 1.01. The molecular weight excluding hydrogens is 366 g/mol. The van der Waals surface area contributed by atoms with E-state index in [0.29, 0.717) is 23.3 Å². The summed E-state index contributed by atoms with van der Waals surface area (Å²) >= 11 is 0. The first-order chi connectivity index (χ1) is 13.1. The van der Waals surface area contributed by atoms with Gasteiger partial charge in [-0.2, -0.15) is 0 Å². The molecule has 0 radical (unpaired) electrons. The standard InChI is InChI=1S/C21H24F2N2O3/c1-6-14-15(8-7-9-18(14)28-5)19(26)24-25(21(2,3)4)20(27)16-12-13(22)10-11-17(16)23/h7-12H,6H2,1-5H3,(H,24,26). The second kappa shape index (κ2) is 8.37. The average Bonchev–Trinajstić information content (AvgIpc) is 2.65. The Bertz CT molecular complexity index is 892.